The van der Waals surface area contributed by atoms with E-state index in [0.717, 1.165) is 25.7 Å². The van der Waals surface area contributed by atoms with Gasteiger partial charge in [0.2, 0.25) is 0 Å². The first-order valence-electron chi connectivity index (χ1n) is 6.85. The number of halogens is 1. The third-order valence-corrected chi connectivity index (χ3v) is 4.00. The number of carbonyl (C=O) groups excluding carboxylic acids is 1. The van der Waals surface area contributed by atoms with Crippen LogP contribution in [-0.4, -0.2) is 18.0 Å². The first-order chi connectivity index (χ1) is 9.06. The number of rotatable bonds is 3. The van der Waals surface area contributed by atoms with E-state index < -0.39 is 0 Å². The van der Waals surface area contributed by atoms with Gasteiger partial charge >= 0.3 is 0 Å². The van der Waals surface area contributed by atoms with Gasteiger partial charge in [-0.1, -0.05) is 19.3 Å². The Bertz CT molecular complexity index is 467. The quantitative estimate of drug-likeness (QED) is 0.881. The van der Waals surface area contributed by atoms with Gasteiger partial charge in [-0.3, -0.25) is 4.79 Å². The number of nitrogens with two attached hydrogens (primary N) is 1. The molecule has 3 N–H and O–H groups in total. The van der Waals surface area contributed by atoms with Crippen molar-refractivity contribution < 1.29 is 9.18 Å². The normalized spacial score (nSPS) is 18.1. The van der Waals surface area contributed by atoms with E-state index in [4.69, 9.17) is 5.73 Å². The van der Waals surface area contributed by atoms with Gasteiger partial charge in [-0.15, -0.1) is 0 Å². The summed E-state index contributed by atoms with van der Waals surface area (Å²) in [5.74, 6) is -0.446. The van der Waals surface area contributed by atoms with Crippen LogP contribution in [0.2, 0.25) is 0 Å². The standard InChI is InChI=1S/C15H21FN2O/c1-11-9-12(5-6-13(11)16)14(19)18-15(10-17)7-3-2-4-8-15/h5-6,9H,2-4,7-8,10,17H2,1H3,(H,18,19). The summed E-state index contributed by atoms with van der Waals surface area (Å²) in [6, 6.07) is 4.43. The highest BCUT2D eigenvalue weighted by atomic mass is 19.1. The minimum absolute atomic E-state index is 0.157. The van der Waals surface area contributed by atoms with Crippen LogP contribution in [0.4, 0.5) is 4.39 Å². The van der Waals surface area contributed by atoms with Gasteiger partial charge in [-0.05, 0) is 43.5 Å². The maximum absolute atomic E-state index is 13.2. The third-order valence-electron chi connectivity index (χ3n) is 4.00. The average molecular weight is 264 g/mol. The van der Waals surface area contributed by atoms with Crippen molar-refractivity contribution in [3.05, 3.63) is 35.1 Å². The molecule has 104 valence electrons. The maximum atomic E-state index is 13.2. The fraction of sp³-hybridized carbons (Fsp3) is 0.533. The van der Waals surface area contributed by atoms with Crippen LogP contribution in [-0.2, 0) is 0 Å². The lowest BCUT2D eigenvalue weighted by molar-refractivity contribution is 0.0874. The highest BCUT2D eigenvalue weighted by Gasteiger charge is 2.32. The first-order valence-corrected chi connectivity index (χ1v) is 6.85. The molecule has 1 aromatic rings. The van der Waals surface area contributed by atoms with E-state index in [1.54, 1.807) is 13.0 Å². The molecule has 19 heavy (non-hydrogen) atoms. The van der Waals surface area contributed by atoms with Crippen molar-refractivity contribution in [2.75, 3.05) is 6.54 Å². The van der Waals surface area contributed by atoms with Crippen LogP contribution in [0.15, 0.2) is 18.2 Å². The van der Waals surface area contributed by atoms with E-state index in [0.29, 0.717) is 17.7 Å². The summed E-state index contributed by atoms with van der Waals surface area (Å²) in [7, 11) is 0. The van der Waals surface area contributed by atoms with Crippen LogP contribution in [0.25, 0.3) is 0 Å². The van der Waals surface area contributed by atoms with E-state index in [2.05, 4.69) is 5.32 Å². The zero-order valence-corrected chi connectivity index (χ0v) is 11.3. The summed E-state index contributed by atoms with van der Waals surface area (Å²) in [5.41, 5.74) is 6.55. The van der Waals surface area contributed by atoms with Crippen molar-refractivity contribution in [2.24, 2.45) is 5.73 Å². The second-order valence-electron chi connectivity index (χ2n) is 5.46. The number of nitrogens with one attached hydrogen (secondary N) is 1. The number of aryl methyl sites for hydroxylation is 1. The van der Waals surface area contributed by atoms with Gasteiger partial charge in [0, 0.05) is 12.1 Å². The van der Waals surface area contributed by atoms with Crippen molar-refractivity contribution >= 4 is 5.91 Å². The lowest BCUT2D eigenvalue weighted by Crippen LogP contribution is -2.54. The minimum Gasteiger partial charge on any atom is -0.345 e. The number of amides is 1. The van der Waals surface area contributed by atoms with Gasteiger partial charge in [0.25, 0.3) is 5.91 Å². The van der Waals surface area contributed by atoms with Gasteiger partial charge in [-0.25, -0.2) is 4.39 Å². The second-order valence-corrected chi connectivity index (χ2v) is 5.46. The Balaban J connectivity index is 2.12. The summed E-state index contributed by atoms with van der Waals surface area (Å²) in [4.78, 5) is 12.3. The van der Waals surface area contributed by atoms with Gasteiger partial charge < -0.3 is 11.1 Å². The summed E-state index contributed by atoms with van der Waals surface area (Å²) in [6.07, 6.45) is 5.25. The number of benzene rings is 1. The van der Waals surface area contributed by atoms with Crippen molar-refractivity contribution in [1.82, 2.24) is 5.32 Å². The van der Waals surface area contributed by atoms with Crippen LogP contribution >= 0.6 is 0 Å². The first kappa shape index (κ1) is 14.0. The average Bonchev–Trinajstić information content (AvgIpc) is 2.43. The highest BCUT2D eigenvalue weighted by Crippen LogP contribution is 2.27. The second kappa shape index (κ2) is 5.70. The van der Waals surface area contributed by atoms with Gasteiger partial charge in [0.1, 0.15) is 5.82 Å². The molecule has 2 rings (SSSR count). The lowest BCUT2D eigenvalue weighted by atomic mass is 9.81. The maximum Gasteiger partial charge on any atom is 0.251 e. The molecule has 0 aliphatic heterocycles. The van der Waals surface area contributed by atoms with Crippen molar-refractivity contribution in [1.29, 1.82) is 0 Å². The monoisotopic (exact) mass is 264 g/mol. The predicted octanol–water partition coefficient (Wildman–Crippen LogP) is 2.53. The van der Waals surface area contributed by atoms with Crippen LogP contribution in [0.5, 0.6) is 0 Å². The summed E-state index contributed by atoms with van der Waals surface area (Å²) in [5, 5.41) is 3.06. The Hall–Kier alpha value is -1.42. The Morgan fingerprint density at radius 3 is 2.63 bits per heavy atom. The number of hydrogen-bond donors (Lipinski definition) is 2. The minimum atomic E-state index is -0.289. The molecule has 1 aliphatic carbocycles. The largest absolute Gasteiger partial charge is 0.345 e. The van der Waals surface area contributed by atoms with E-state index in [1.165, 1.54) is 18.6 Å². The van der Waals surface area contributed by atoms with E-state index in [9.17, 15) is 9.18 Å². The molecule has 3 nitrogen and oxygen atoms in total. The van der Waals surface area contributed by atoms with Gasteiger partial charge in [0.15, 0.2) is 0 Å². The molecular formula is C15H21FN2O. The van der Waals surface area contributed by atoms with E-state index in [1.807, 2.05) is 0 Å². The smallest absolute Gasteiger partial charge is 0.251 e. The molecule has 0 heterocycles. The number of hydrogen-bond acceptors (Lipinski definition) is 2. The van der Waals surface area contributed by atoms with Gasteiger partial charge in [-0.2, -0.15) is 0 Å². The molecule has 0 bridgehead atoms. The van der Waals surface area contributed by atoms with Crippen LogP contribution in [0.1, 0.15) is 48.0 Å². The Morgan fingerprint density at radius 2 is 2.05 bits per heavy atom. The van der Waals surface area contributed by atoms with Crippen LogP contribution in [0.3, 0.4) is 0 Å². The molecular weight excluding hydrogens is 243 g/mol. The molecule has 0 radical (unpaired) electrons. The van der Waals surface area contributed by atoms with Gasteiger partial charge in [0.05, 0.1) is 5.54 Å². The zero-order chi connectivity index (χ0) is 13.9. The Kier molecular flexibility index (Phi) is 4.20. The molecule has 1 aliphatic rings. The highest BCUT2D eigenvalue weighted by molar-refractivity contribution is 5.94. The third kappa shape index (κ3) is 3.13. The summed E-state index contributed by atoms with van der Waals surface area (Å²) < 4.78 is 13.2. The van der Waals surface area contributed by atoms with E-state index >= 15 is 0 Å². The zero-order valence-electron chi connectivity index (χ0n) is 11.3. The molecule has 0 spiro atoms. The van der Waals surface area contributed by atoms with Crippen LogP contribution < -0.4 is 11.1 Å². The molecule has 0 aromatic heterocycles. The summed E-state index contributed by atoms with van der Waals surface area (Å²) in [6.45, 7) is 2.12. The molecule has 0 unspecified atom stereocenters. The molecule has 1 amide bonds. The fourth-order valence-electron chi connectivity index (χ4n) is 2.71. The number of carbonyl (C=O) groups is 1. The fourth-order valence-corrected chi connectivity index (χ4v) is 2.71. The Labute approximate surface area is 113 Å². The lowest BCUT2D eigenvalue weighted by Gasteiger charge is -2.37. The molecule has 1 aromatic carbocycles. The van der Waals surface area contributed by atoms with Crippen molar-refractivity contribution in [3.63, 3.8) is 0 Å². The van der Waals surface area contributed by atoms with Crippen molar-refractivity contribution in [2.45, 2.75) is 44.6 Å². The molecule has 0 saturated heterocycles. The Morgan fingerprint density at radius 1 is 1.37 bits per heavy atom. The summed E-state index contributed by atoms with van der Waals surface area (Å²) >= 11 is 0. The topological polar surface area (TPSA) is 55.1 Å². The molecule has 1 saturated carbocycles. The predicted molar refractivity (Wildman–Crippen MR) is 73.5 cm³/mol. The SMILES string of the molecule is Cc1cc(C(=O)NC2(CN)CCCCC2)ccc1F. The van der Waals surface area contributed by atoms with E-state index in [-0.39, 0.29) is 17.3 Å². The molecule has 0 atom stereocenters. The molecule has 4 heteroatoms. The molecule has 1 fully saturated rings. The van der Waals surface area contributed by atoms with Crippen LogP contribution in [0, 0.1) is 12.7 Å². The van der Waals surface area contributed by atoms with Crippen molar-refractivity contribution in [3.8, 4) is 0 Å².